The van der Waals surface area contributed by atoms with E-state index in [-0.39, 0.29) is 5.56 Å². The Morgan fingerprint density at radius 3 is 2.41 bits per heavy atom. The predicted molar refractivity (Wildman–Crippen MR) is 99.2 cm³/mol. The van der Waals surface area contributed by atoms with Crippen molar-refractivity contribution in [1.29, 1.82) is 0 Å². The Morgan fingerprint density at radius 1 is 1.15 bits per heavy atom. The van der Waals surface area contributed by atoms with Crippen LogP contribution >= 0.6 is 0 Å². The first-order valence-corrected chi connectivity index (χ1v) is 8.81. The van der Waals surface area contributed by atoms with Gasteiger partial charge in [0.25, 0.3) is 5.54 Å². The van der Waals surface area contributed by atoms with Gasteiger partial charge >= 0.3 is 5.97 Å². The molecule has 0 radical (unpaired) electrons. The van der Waals surface area contributed by atoms with Gasteiger partial charge < -0.3 is 4.74 Å². The lowest BCUT2D eigenvalue weighted by Gasteiger charge is -2.38. The normalized spacial score (nSPS) is 24.1. The zero-order valence-electron chi connectivity index (χ0n) is 15.3. The molecule has 0 fully saturated rings. The number of benzene rings is 2. The third-order valence-electron chi connectivity index (χ3n) is 5.55. The smallest absolute Gasteiger partial charge is 0.313 e. The van der Waals surface area contributed by atoms with Crippen LogP contribution in [0, 0.1) is 16.0 Å². The zero-order chi connectivity index (χ0) is 19.6. The van der Waals surface area contributed by atoms with Crippen LogP contribution in [0.1, 0.15) is 40.7 Å². The molecule has 0 unspecified atom stereocenters. The molecule has 0 amide bonds. The predicted octanol–water partition coefficient (Wildman–Crippen LogP) is 3.42. The molecule has 0 spiro atoms. The molecule has 0 aliphatic heterocycles. The van der Waals surface area contributed by atoms with Gasteiger partial charge in [0.05, 0.1) is 18.9 Å². The largest absolute Gasteiger partial charge is 0.469 e. The Bertz CT molecular complexity index is 879. The number of nitrogens with zero attached hydrogens (tertiary/aromatic N) is 1. The van der Waals surface area contributed by atoms with Crippen molar-refractivity contribution >= 4 is 11.8 Å². The van der Waals surface area contributed by atoms with E-state index in [1.807, 2.05) is 30.3 Å². The summed E-state index contributed by atoms with van der Waals surface area (Å²) in [7, 11) is 1.26. The van der Waals surface area contributed by atoms with Gasteiger partial charge in [0.1, 0.15) is 0 Å². The Hall–Kier alpha value is -3.02. The molecule has 3 atom stereocenters. The Labute approximate surface area is 157 Å². The van der Waals surface area contributed by atoms with Crippen molar-refractivity contribution in [2.75, 3.05) is 7.11 Å². The molecule has 0 N–H and O–H groups in total. The molecule has 27 heavy (non-hydrogen) atoms. The van der Waals surface area contributed by atoms with Crippen LogP contribution in [0.15, 0.2) is 54.6 Å². The summed E-state index contributed by atoms with van der Waals surface area (Å²) in [6.07, 6.45) is 0.846. The lowest BCUT2D eigenvalue weighted by molar-refractivity contribution is -0.557. The van der Waals surface area contributed by atoms with Crippen molar-refractivity contribution in [3.8, 4) is 0 Å². The first-order valence-electron chi connectivity index (χ1n) is 8.81. The number of ketones is 1. The molecule has 1 aliphatic rings. The van der Waals surface area contributed by atoms with E-state index in [4.69, 9.17) is 4.74 Å². The van der Waals surface area contributed by atoms with E-state index >= 15 is 0 Å². The van der Waals surface area contributed by atoms with E-state index in [2.05, 4.69) is 0 Å². The summed E-state index contributed by atoms with van der Waals surface area (Å²) in [5, 5.41) is 12.0. The van der Waals surface area contributed by atoms with E-state index in [1.54, 1.807) is 24.3 Å². The highest BCUT2D eigenvalue weighted by molar-refractivity contribution is 6.07. The number of methoxy groups -OCH3 is 1. The molecular formula is C21H21NO5. The van der Waals surface area contributed by atoms with Gasteiger partial charge in [-0.3, -0.25) is 19.7 Å². The second-order valence-electron chi connectivity index (χ2n) is 6.95. The van der Waals surface area contributed by atoms with Gasteiger partial charge in [-0.25, -0.2) is 0 Å². The molecule has 6 nitrogen and oxygen atoms in total. The monoisotopic (exact) mass is 367 g/mol. The number of hydrogen-bond acceptors (Lipinski definition) is 5. The molecule has 6 heteroatoms. The third kappa shape index (κ3) is 3.12. The third-order valence-corrected chi connectivity index (χ3v) is 5.55. The number of nitro groups is 1. The molecule has 0 saturated carbocycles. The van der Waals surface area contributed by atoms with Crippen LogP contribution in [-0.2, 0) is 16.0 Å². The molecule has 3 rings (SSSR count). The maximum atomic E-state index is 13.1. The molecule has 2 aromatic carbocycles. The summed E-state index contributed by atoms with van der Waals surface area (Å²) in [4.78, 5) is 37.1. The van der Waals surface area contributed by atoms with Crippen molar-refractivity contribution < 1.29 is 19.2 Å². The van der Waals surface area contributed by atoms with Crippen LogP contribution in [0.5, 0.6) is 0 Å². The van der Waals surface area contributed by atoms with E-state index in [9.17, 15) is 19.7 Å². The van der Waals surface area contributed by atoms with Crippen molar-refractivity contribution in [1.82, 2.24) is 0 Å². The molecule has 0 heterocycles. The van der Waals surface area contributed by atoms with Gasteiger partial charge in [-0.2, -0.15) is 0 Å². The molecule has 140 valence electrons. The Morgan fingerprint density at radius 2 is 1.78 bits per heavy atom. The van der Waals surface area contributed by atoms with Crippen molar-refractivity contribution in [3.63, 3.8) is 0 Å². The van der Waals surface area contributed by atoms with Gasteiger partial charge in [0, 0.05) is 17.4 Å². The molecular weight excluding hydrogens is 346 g/mol. The molecule has 0 bridgehead atoms. The maximum absolute atomic E-state index is 13.1. The highest BCUT2D eigenvalue weighted by atomic mass is 16.6. The van der Waals surface area contributed by atoms with Gasteiger partial charge in [0.2, 0.25) is 5.78 Å². The summed E-state index contributed by atoms with van der Waals surface area (Å²) in [5.41, 5.74) is -0.157. The van der Waals surface area contributed by atoms with Gasteiger partial charge in [-0.05, 0) is 24.0 Å². The quantitative estimate of drug-likeness (QED) is 0.459. The van der Waals surface area contributed by atoms with Crippen LogP contribution in [0.3, 0.4) is 0 Å². The topological polar surface area (TPSA) is 86.5 Å². The number of hydrogen-bond donors (Lipinski definition) is 0. The van der Waals surface area contributed by atoms with Crippen LogP contribution in [0.2, 0.25) is 0 Å². The lowest BCUT2D eigenvalue weighted by atomic mass is 9.63. The van der Waals surface area contributed by atoms with Crippen molar-refractivity contribution in [2.45, 2.75) is 31.2 Å². The first-order chi connectivity index (χ1) is 12.9. The number of ether oxygens (including phenoxy) is 1. The second-order valence-corrected chi connectivity index (χ2v) is 6.95. The number of fused-ring (bicyclic) bond motifs is 1. The summed E-state index contributed by atoms with van der Waals surface area (Å²) in [6.45, 7) is 1.33. The van der Waals surface area contributed by atoms with Crippen LogP contribution < -0.4 is 0 Å². The second kappa shape index (κ2) is 7.31. The number of carbonyl (C=O) groups is 2. The van der Waals surface area contributed by atoms with Crippen LogP contribution in [0.4, 0.5) is 0 Å². The Kier molecular flexibility index (Phi) is 5.08. The van der Waals surface area contributed by atoms with E-state index < -0.39 is 34.1 Å². The first kappa shape index (κ1) is 18.8. The van der Waals surface area contributed by atoms with Crippen LogP contribution in [0.25, 0.3) is 0 Å². The van der Waals surface area contributed by atoms with E-state index in [1.165, 1.54) is 14.0 Å². The van der Waals surface area contributed by atoms with E-state index in [0.29, 0.717) is 18.4 Å². The van der Waals surface area contributed by atoms with Crippen molar-refractivity contribution in [3.05, 3.63) is 81.4 Å². The lowest BCUT2D eigenvalue weighted by Crippen LogP contribution is -2.56. The fourth-order valence-corrected chi connectivity index (χ4v) is 4.01. The summed E-state index contributed by atoms with van der Waals surface area (Å²) >= 11 is 0. The highest BCUT2D eigenvalue weighted by Crippen LogP contribution is 2.46. The number of rotatable bonds is 5. The minimum absolute atomic E-state index is 0.225. The highest BCUT2D eigenvalue weighted by Gasteiger charge is 2.61. The molecule has 0 saturated heterocycles. The average Bonchev–Trinajstić information content (AvgIpc) is 2.69. The minimum atomic E-state index is -1.89. The molecule has 2 aromatic rings. The molecule has 1 aliphatic carbocycles. The Balaban J connectivity index is 2.10. The van der Waals surface area contributed by atoms with Gasteiger partial charge in [-0.1, -0.05) is 54.6 Å². The summed E-state index contributed by atoms with van der Waals surface area (Å²) in [5.74, 6) is -2.77. The van der Waals surface area contributed by atoms with Crippen molar-refractivity contribution in [2.24, 2.45) is 5.92 Å². The number of Topliss-reactive ketones (excluding diaryl/α,β-unsaturated/α-hetero) is 1. The van der Waals surface area contributed by atoms with Crippen LogP contribution in [-0.4, -0.2) is 29.3 Å². The van der Waals surface area contributed by atoms with E-state index in [0.717, 1.165) is 5.56 Å². The van der Waals surface area contributed by atoms with Gasteiger partial charge in [0.15, 0.2) is 0 Å². The summed E-state index contributed by atoms with van der Waals surface area (Å²) in [6, 6.07) is 16.1. The standard InChI is InChI=1S/C21H21NO5/c1-21(22(25)26)17(13-12-14-8-4-3-5-9-14)18(20(24)27-2)15-10-6-7-11-16(15)19(21)23/h3-11,17-18H,12-13H2,1-2H3/t17-,18-,21+/m1/s1. The van der Waals surface area contributed by atoms with Gasteiger partial charge in [-0.15, -0.1) is 0 Å². The average molecular weight is 367 g/mol. The number of aryl methyl sites for hydroxylation is 1. The minimum Gasteiger partial charge on any atom is -0.469 e. The SMILES string of the molecule is COC(=O)[C@@H]1c2ccccc2C(=O)[C@@](C)([N+](=O)[O-])[C@@H]1CCc1ccccc1. The number of carbonyl (C=O) groups excluding carboxylic acids is 2. The molecule has 0 aromatic heterocycles. The maximum Gasteiger partial charge on any atom is 0.313 e. The summed E-state index contributed by atoms with van der Waals surface area (Å²) < 4.78 is 4.96. The number of esters is 1. The fraction of sp³-hybridized carbons (Fsp3) is 0.333. The fourth-order valence-electron chi connectivity index (χ4n) is 4.01. The zero-order valence-corrected chi connectivity index (χ0v) is 15.3.